The zero-order valence-corrected chi connectivity index (χ0v) is 31.0. The van der Waals surface area contributed by atoms with Gasteiger partial charge in [0, 0.05) is 54.1 Å². The van der Waals surface area contributed by atoms with Crippen LogP contribution in [0.15, 0.2) is 41.3 Å². The molecule has 8 rings (SSSR count). The molecule has 2 fully saturated rings. The molecule has 54 heavy (non-hydrogen) atoms. The third kappa shape index (κ3) is 6.14. The van der Waals surface area contributed by atoms with E-state index in [1.165, 1.54) is 0 Å². The molecule has 0 saturated heterocycles. The van der Waals surface area contributed by atoms with Gasteiger partial charge in [0.1, 0.15) is 34.7 Å². The molecule has 4 heterocycles. The summed E-state index contributed by atoms with van der Waals surface area (Å²) in [4.78, 5) is 44.1. The number of aliphatic hydroxyl groups excluding tert-OH is 2. The number of allylic oxidation sites excluding steroid dienone is 3. The molecule has 2 bridgehead atoms. The van der Waals surface area contributed by atoms with E-state index in [1.54, 1.807) is 6.92 Å². The number of rotatable bonds is 7. The number of aldehydes is 1. The van der Waals surface area contributed by atoms with Crippen LogP contribution >= 0.6 is 0 Å². The van der Waals surface area contributed by atoms with E-state index >= 15 is 0 Å². The van der Waals surface area contributed by atoms with E-state index in [0.29, 0.717) is 53.7 Å². The molecule has 5 aliphatic rings. The summed E-state index contributed by atoms with van der Waals surface area (Å²) in [7, 11) is 0. The van der Waals surface area contributed by atoms with Gasteiger partial charge < -0.3 is 39.3 Å². The van der Waals surface area contributed by atoms with E-state index in [1.807, 2.05) is 19.2 Å². The van der Waals surface area contributed by atoms with Gasteiger partial charge in [-0.2, -0.15) is 0 Å². The molecule has 2 aromatic carbocycles. The summed E-state index contributed by atoms with van der Waals surface area (Å²) in [6.07, 6.45) is 9.00. The lowest BCUT2D eigenvalue weighted by atomic mass is 9.73. The minimum Gasteiger partial charge on any atom is -0.492 e. The van der Waals surface area contributed by atoms with Crippen molar-refractivity contribution in [3.63, 3.8) is 0 Å². The van der Waals surface area contributed by atoms with Crippen molar-refractivity contribution in [1.82, 2.24) is 4.98 Å². The molecule has 0 amide bonds. The van der Waals surface area contributed by atoms with Gasteiger partial charge >= 0.3 is 5.97 Å². The molecule has 286 valence electrons. The number of carbonyl (C=O) groups excluding carboxylic acids is 3. The first kappa shape index (κ1) is 36.5. The Morgan fingerprint density at radius 2 is 1.87 bits per heavy atom. The Kier molecular flexibility index (Phi) is 9.91. The van der Waals surface area contributed by atoms with Crippen LogP contribution in [0.2, 0.25) is 0 Å². The molecule has 11 heteroatoms. The standard InChI is InChI=1S/C43H49NO10/c1-3-51-42(49)41-31(20-46)36-26-11-12-34(48)29(16-26)28-15-25-13-14-44-33(25)17-24(28)10-9-23(19-45)22-52-39-30-18-35(43(2,50)27-7-5-4-6-8-27)53-38(30)32(21-47)40(54-41)37(36)39/h13-15,17,20,23,27,29,35,44-45,47,50H,3-12,16,18-19,21-22H2,1-2H3. The van der Waals surface area contributed by atoms with Crippen LogP contribution in [-0.4, -0.2) is 69.9 Å². The van der Waals surface area contributed by atoms with Crippen molar-refractivity contribution in [2.24, 2.45) is 11.8 Å². The number of H-pyrrole nitrogens is 1. The number of ether oxygens (including phenoxy) is 4. The summed E-state index contributed by atoms with van der Waals surface area (Å²) >= 11 is 0. The molecule has 3 aromatic rings. The highest BCUT2D eigenvalue weighted by Gasteiger charge is 2.49. The van der Waals surface area contributed by atoms with Crippen molar-refractivity contribution >= 4 is 34.5 Å². The number of aliphatic hydroxyl groups is 3. The summed E-state index contributed by atoms with van der Waals surface area (Å²) < 4.78 is 25.2. The predicted molar refractivity (Wildman–Crippen MR) is 199 cm³/mol. The number of ketones is 1. The van der Waals surface area contributed by atoms with Crippen LogP contribution in [0, 0.1) is 11.8 Å². The van der Waals surface area contributed by atoms with Gasteiger partial charge in [-0.1, -0.05) is 24.8 Å². The first-order valence-electron chi connectivity index (χ1n) is 19.5. The van der Waals surface area contributed by atoms with Gasteiger partial charge in [0.2, 0.25) is 5.76 Å². The quantitative estimate of drug-likeness (QED) is 0.169. The first-order valence-corrected chi connectivity index (χ1v) is 19.5. The fourth-order valence-corrected chi connectivity index (χ4v) is 9.55. The Labute approximate surface area is 314 Å². The summed E-state index contributed by atoms with van der Waals surface area (Å²) in [5.74, 6) is -1.09. The van der Waals surface area contributed by atoms with E-state index in [2.05, 4.69) is 17.1 Å². The van der Waals surface area contributed by atoms with Gasteiger partial charge in [-0.3, -0.25) is 9.59 Å². The summed E-state index contributed by atoms with van der Waals surface area (Å²) in [6.45, 7) is 2.93. The monoisotopic (exact) mass is 739 g/mol. The van der Waals surface area contributed by atoms with Crippen molar-refractivity contribution in [3.8, 4) is 17.2 Å². The number of benzene rings is 2. The SMILES string of the molecule is CCOC(=O)C1=C(C=O)C2=C3CCC(=O)C(C3)c3cc4cc[nH]c4cc3CCC(CO)COc3c4c(c(CO)c(c32)O1)OC(C(C)(O)C1CCCCC1)C4. The average Bonchev–Trinajstić information content (AvgIpc) is 3.85. The second kappa shape index (κ2) is 14.7. The third-order valence-corrected chi connectivity index (χ3v) is 12.6. The molecule has 4 N–H and O–H groups in total. The van der Waals surface area contributed by atoms with Crippen LogP contribution in [0.1, 0.15) is 105 Å². The third-order valence-electron chi connectivity index (χ3n) is 12.6. The number of aryl methyl sites for hydroxylation is 1. The van der Waals surface area contributed by atoms with E-state index < -0.39 is 30.2 Å². The molecule has 3 aliphatic heterocycles. The van der Waals surface area contributed by atoms with Crippen molar-refractivity contribution in [3.05, 3.63) is 69.1 Å². The smallest absolute Gasteiger partial charge is 0.375 e. The van der Waals surface area contributed by atoms with Gasteiger partial charge in [-0.25, -0.2) is 4.79 Å². The van der Waals surface area contributed by atoms with Crippen molar-refractivity contribution < 1.29 is 48.7 Å². The number of Topliss-reactive ketones (excluding diaryl/α,β-unsaturated/α-hetero) is 1. The number of hydrogen-bond acceptors (Lipinski definition) is 10. The maximum atomic E-state index is 13.9. The first-order chi connectivity index (χ1) is 26.2. The molecule has 4 unspecified atom stereocenters. The van der Waals surface area contributed by atoms with E-state index in [4.69, 9.17) is 18.9 Å². The Morgan fingerprint density at radius 1 is 1.06 bits per heavy atom. The second-order valence-corrected chi connectivity index (χ2v) is 15.7. The van der Waals surface area contributed by atoms with Crippen molar-refractivity contribution in [2.45, 2.75) is 109 Å². The normalized spacial score (nSPS) is 24.1. The largest absolute Gasteiger partial charge is 0.492 e. The van der Waals surface area contributed by atoms with Crippen LogP contribution in [0.5, 0.6) is 17.2 Å². The molecule has 2 saturated carbocycles. The number of esters is 1. The number of aromatic nitrogens is 1. The Bertz CT molecular complexity index is 2070. The van der Waals surface area contributed by atoms with E-state index in [0.717, 1.165) is 59.7 Å². The molecule has 0 spiro atoms. The minimum atomic E-state index is -1.20. The minimum absolute atomic E-state index is 0.0144. The molecule has 1 aromatic heterocycles. The van der Waals surface area contributed by atoms with Crippen LogP contribution in [0.4, 0.5) is 0 Å². The highest BCUT2D eigenvalue weighted by molar-refractivity contribution is 6.11. The van der Waals surface area contributed by atoms with E-state index in [9.17, 15) is 29.7 Å². The highest BCUT2D eigenvalue weighted by Crippen LogP contribution is 2.57. The lowest BCUT2D eigenvalue weighted by Gasteiger charge is -2.39. The molecular formula is C43H49NO10. The van der Waals surface area contributed by atoms with E-state index in [-0.39, 0.29) is 79.3 Å². The van der Waals surface area contributed by atoms with Crippen molar-refractivity contribution in [2.75, 3.05) is 19.8 Å². The Hall–Kier alpha value is -4.45. The summed E-state index contributed by atoms with van der Waals surface area (Å²) in [5.41, 5.74) is 4.14. The number of aromatic amines is 1. The van der Waals surface area contributed by atoms with Gasteiger partial charge in [-0.05, 0) is 93.0 Å². The maximum Gasteiger partial charge on any atom is 0.375 e. The molecule has 2 aliphatic carbocycles. The average molecular weight is 740 g/mol. The fraction of sp³-hybridized carbons (Fsp3) is 0.512. The lowest BCUT2D eigenvalue weighted by molar-refractivity contribution is -0.141. The van der Waals surface area contributed by atoms with Crippen LogP contribution < -0.4 is 14.2 Å². The van der Waals surface area contributed by atoms with Crippen LogP contribution in [-0.2, 0) is 38.6 Å². The maximum absolute atomic E-state index is 13.9. The second-order valence-electron chi connectivity index (χ2n) is 15.7. The molecular weight excluding hydrogens is 690 g/mol. The molecule has 4 atom stereocenters. The Balaban J connectivity index is 1.37. The zero-order chi connectivity index (χ0) is 37.7. The van der Waals surface area contributed by atoms with Gasteiger partial charge in [0.05, 0.1) is 36.5 Å². The van der Waals surface area contributed by atoms with Crippen molar-refractivity contribution in [1.29, 1.82) is 0 Å². The molecule has 11 nitrogen and oxygen atoms in total. The predicted octanol–water partition coefficient (Wildman–Crippen LogP) is 5.93. The number of hydrogen-bond donors (Lipinski definition) is 4. The van der Waals surface area contributed by atoms with Gasteiger partial charge in [-0.15, -0.1) is 0 Å². The number of nitrogens with one attached hydrogen (secondary N) is 1. The number of fused-ring (bicyclic) bond motifs is 7. The Morgan fingerprint density at radius 3 is 2.61 bits per heavy atom. The zero-order valence-electron chi connectivity index (χ0n) is 31.0. The highest BCUT2D eigenvalue weighted by atomic mass is 16.6. The number of carbonyl (C=O) groups is 3. The topological polar surface area (TPSA) is 165 Å². The van der Waals surface area contributed by atoms with Gasteiger partial charge in [0.25, 0.3) is 0 Å². The molecule has 0 radical (unpaired) electrons. The van der Waals surface area contributed by atoms with Gasteiger partial charge in [0.15, 0.2) is 6.29 Å². The summed E-state index contributed by atoms with van der Waals surface area (Å²) in [6, 6.07) is 6.13. The van der Waals surface area contributed by atoms with Crippen LogP contribution in [0.3, 0.4) is 0 Å². The van der Waals surface area contributed by atoms with Crippen LogP contribution in [0.25, 0.3) is 16.5 Å². The summed E-state index contributed by atoms with van der Waals surface area (Å²) in [5, 5.41) is 34.8. The lowest BCUT2D eigenvalue weighted by Crippen LogP contribution is -2.49. The fourth-order valence-electron chi connectivity index (χ4n) is 9.55.